The fourth-order valence-electron chi connectivity index (χ4n) is 1.57. The van der Waals surface area contributed by atoms with Crippen LogP contribution in [-0.2, 0) is 0 Å². The summed E-state index contributed by atoms with van der Waals surface area (Å²) in [6.45, 7) is 3.80. The molecule has 0 amide bonds. The van der Waals surface area contributed by atoms with Crippen LogP contribution in [0.25, 0.3) is 0 Å². The predicted octanol–water partition coefficient (Wildman–Crippen LogP) is 1.84. The minimum atomic E-state index is -0.640. The molecule has 17 heavy (non-hydrogen) atoms. The first-order chi connectivity index (χ1) is 7.47. The zero-order valence-electron chi connectivity index (χ0n) is 10.3. The topological polar surface area (TPSA) is 75.7 Å². The number of rotatable bonds is 4. The summed E-state index contributed by atoms with van der Waals surface area (Å²) in [6.07, 6.45) is -0.640. The summed E-state index contributed by atoms with van der Waals surface area (Å²) in [6, 6.07) is 4.17. The first kappa shape index (κ1) is 16.0. The van der Waals surface area contributed by atoms with Crippen LogP contribution in [0.15, 0.2) is 18.2 Å². The van der Waals surface area contributed by atoms with Gasteiger partial charge in [0.1, 0.15) is 11.5 Å². The number of hydrogen-bond acceptors (Lipinski definition) is 4. The molecule has 5 heteroatoms. The average Bonchev–Trinajstić information content (AvgIpc) is 2.26. The van der Waals surface area contributed by atoms with Crippen molar-refractivity contribution in [3.8, 4) is 11.5 Å². The molecular weight excluding hydrogens is 242 g/mol. The molecule has 98 valence electrons. The third-order valence-corrected chi connectivity index (χ3v) is 2.63. The second-order valence-electron chi connectivity index (χ2n) is 4.19. The van der Waals surface area contributed by atoms with Crippen molar-refractivity contribution in [1.82, 2.24) is 0 Å². The average molecular weight is 262 g/mol. The van der Waals surface area contributed by atoms with Gasteiger partial charge in [-0.3, -0.25) is 0 Å². The van der Waals surface area contributed by atoms with E-state index >= 15 is 0 Å². The zero-order chi connectivity index (χ0) is 12.3. The molecule has 0 aliphatic heterocycles. The number of aliphatic hydroxyl groups is 1. The van der Waals surface area contributed by atoms with Gasteiger partial charge in [0, 0.05) is 11.6 Å². The Hall–Kier alpha value is -0.970. The summed E-state index contributed by atoms with van der Waals surface area (Å²) in [5.74, 6) is 0.674. The van der Waals surface area contributed by atoms with E-state index < -0.39 is 12.1 Å². The van der Waals surface area contributed by atoms with Crippen LogP contribution < -0.4 is 10.5 Å². The number of hydrogen-bond donors (Lipinski definition) is 3. The van der Waals surface area contributed by atoms with Gasteiger partial charge in [0.15, 0.2) is 0 Å². The highest BCUT2D eigenvalue weighted by Crippen LogP contribution is 2.30. The fraction of sp³-hybridized carbons (Fsp3) is 0.500. The lowest BCUT2D eigenvalue weighted by Gasteiger charge is -2.24. The summed E-state index contributed by atoms with van der Waals surface area (Å²) in [4.78, 5) is 0. The fourth-order valence-corrected chi connectivity index (χ4v) is 1.57. The maximum absolute atomic E-state index is 9.89. The van der Waals surface area contributed by atoms with Crippen molar-refractivity contribution in [2.45, 2.75) is 26.0 Å². The first-order valence-corrected chi connectivity index (χ1v) is 5.28. The number of phenols is 1. The van der Waals surface area contributed by atoms with Gasteiger partial charge in [0.2, 0.25) is 0 Å². The van der Waals surface area contributed by atoms with Gasteiger partial charge in [-0.05, 0) is 18.1 Å². The molecule has 4 nitrogen and oxygen atoms in total. The van der Waals surface area contributed by atoms with Crippen LogP contribution in [0.2, 0.25) is 0 Å². The van der Waals surface area contributed by atoms with E-state index in [1.807, 2.05) is 13.8 Å². The lowest BCUT2D eigenvalue weighted by molar-refractivity contribution is 0.0969. The van der Waals surface area contributed by atoms with Gasteiger partial charge in [0.25, 0.3) is 0 Å². The molecule has 0 aliphatic rings. The number of nitrogens with two attached hydrogens (primary N) is 1. The number of aromatic hydroxyl groups is 1. The quantitative estimate of drug-likeness (QED) is 0.773. The monoisotopic (exact) mass is 261 g/mol. The molecule has 0 aromatic heterocycles. The van der Waals surface area contributed by atoms with Crippen LogP contribution in [0.4, 0.5) is 0 Å². The third kappa shape index (κ3) is 3.77. The molecule has 0 bridgehead atoms. The number of phenolic OH excluding ortho intramolecular Hbond substituents is 1. The molecule has 0 unspecified atom stereocenters. The van der Waals surface area contributed by atoms with E-state index in [-0.39, 0.29) is 24.1 Å². The molecule has 0 aliphatic carbocycles. The van der Waals surface area contributed by atoms with E-state index in [9.17, 15) is 10.2 Å². The number of methoxy groups -OCH3 is 1. The lowest BCUT2D eigenvalue weighted by Crippen LogP contribution is -2.30. The minimum absolute atomic E-state index is 0. The predicted molar refractivity (Wildman–Crippen MR) is 69.7 cm³/mol. The van der Waals surface area contributed by atoms with E-state index in [2.05, 4.69) is 0 Å². The van der Waals surface area contributed by atoms with Crippen LogP contribution in [0, 0.1) is 5.92 Å². The maximum atomic E-state index is 9.89. The number of aliphatic hydroxyl groups excluding tert-OH is 1. The summed E-state index contributed by atoms with van der Waals surface area (Å²) >= 11 is 0. The van der Waals surface area contributed by atoms with Gasteiger partial charge in [0.05, 0.1) is 19.3 Å². The Morgan fingerprint density at radius 3 is 2.35 bits per heavy atom. The van der Waals surface area contributed by atoms with E-state index in [4.69, 9.17) is 10.5 Å². The van der Waals surface area contributed by atoms with Crippen LogP contribution in [-0.4, -0.2) is 23.4 Å². The third-order valence-electron chi connectivity index (χ3n) is 2.63. The van der Waals surface area contributed by atoms with Crippen molar-refractivity contribution in [3.05, 3.63) is 23.8 Å². The first-order valence-electron chi connectivity index (χ1n) is 5.28. The van der Waals surface area contributed by atoms with Crippen molar-refractivity contribution in [1.29, 1.82) is 0 Å². The standard InChI is InChI=1S/C12H19NO3.ClH/c1-7(2)12(15)11(13)9-5-4-8(14)6-10(9)16-3;/h4-7,11-12,14-15H,13H2,1-3H3;1H/t11-,12+;/m0./s1. The van der Waals surface area contributed by atoms with Crippen LogP contribution in [0.3, 0.4) is 0 Å². The highest BCUT2D eigenvalue weighted by Gasteiger charge is 2.23. The maximum Gasteiger partial charge on any atom is 0.127 e. The molecule has 0 spiro atoms. The summed E-state index contributed by atoms with van der Waals surface area (Å²) < 4.78 is 5.13. The lowest BCUT2D eigenvalue weighted by atomic mass is 9.94. The highest BCUT2D eigenvalue weighted by molar-refractivity contribution is 5.85. The Balaban J connectivity index is 0.00000256. The smallest absolute Gasteiger partial charge is 0.127 e. The molecule has 1 rings (SSSR count). The molecule has 2 atom stereocenters. The molecule has 4 N–H and O–H groups in total. The summed E-state index contributed by atoms with van der Waals surface area (Å²) in [7, 11) is 1.51. The molecular formula is C12H20ClNO3. The molecule has 0 radical (unpaired) electrons. The van der Waals surface area contributed by atoms with E-state index in [1.54, 1.807) is 6.07 Å². The largest absolute Gasteiger partial charge is 0.508 e. The van der Waals surface area contributed by atoms with Gasteiger partial charge in [-0.25, -0.2) is 0 Å². The Bertz CT molecular complexity index is 358. The molecule has 1 aromatic rings. The van der Waals surface area contributed by atoms with Crippen LogP contribution in [0.1, 0.15) is 25.5 Å². The molecule has 0 fully saturated rings. The minimum Gasteiger partial charge on any atom is -0.508 e. The van der Waals surface area contributed by atoms with E-state index in [1.165, 1.54) is 19.2 Å². The number of benzene rings is 1. The number of halogens is 1. The second kappa shape index (κ2) is 6.69. The van der Waals surface area contributed by atoms with Gasteiger partial charge >= 0.3 is 0 Å². The second-order valence-corrected chi connectivity index (χ2v) is 4.19. The van der Waals surface area contributed by atoms with Crippen molar-refractivity contribution < 1.29 is 14.9 Å². The van der Waals surface area contributed by atoms with Crippen molar-refractivity contribution in [2.75, 3.05) is 7.11 Å². The van der Waals surface area contributed by atoms with E-state index in [0.717, 1.165) is 0 Å². The molecule has 0 heterocycles. The zero-order valence-corrected chi connectivity index (χ0v) is 11.1. The SMILES string of the molecule is COc1cc(O)ccc1[C@H](N)[C@H](O)C(C)C.Cl. The Kier molecular flexibility index (Phi) is 6.31. The molecule has 0 saturated carbocycles. The Morgan fingerprint density at radius 1 is 1.29 bits per heavy atom. The summed E-state index contributed by atoms with van der Waals surface area (Å²) in [5.41, 5.74) is 6.65. The van der Waals surface area contributed by atoms with Crippen molar-refractivity contribution in [3.63, 3.8) is 0 Å². The van der Waals surface area contributed by atoms with Gasteiger partial charge < -0.3 is 20.7 Å². The summed E-state index contributed by atoms with van der Waals surface area (Å²) in [5, 5.41) is 19.2. The van der Waals surface area contributed by atoms with Crippen LogP contribution in [0.5, 0.6) is 11.5 Å². The van der Waals surface area contributed by atoms with Gasteiger partial charge in [-0.1, -0.05) is 13.8 Å². The molecule has 1 aromatic carbocycles. The van der Waals surface area contributed by atoms with Crippen molar-refractivity contribution in [2.24, 2.45) is 11.7 Å². The van der Waals surface area contributed by atoms with Gasteiger partial charge in [-0.15, -0.1) is 12.4 Å². The normalized spacial score (nSPS) is 14.0. The van der Waals surface area contributed by atoms with Crippen LogP contribution >= 0.6 is 12.4 Å². The Labute approximate surface area is 108 Å². The van der Waals surface area contributed by atoms with Crippen molar-refractivity contribution >= 4 is 12.4 Å². The van der Waals surface area contributed by atoms with Gasteiger partial charge in [-0.2, -0.15) is 0 Å². The Morgan fingerprint density at radius 2 is 1.88 bits per heavy atom. The highest BCUT2D eigenvalue weighted by atomic mass is 35.5. The molecule has 0 saturated heterocycles. The van der Waals surface area contributed by atoms with E-state index in [0.29, 0.717) is 11.3 Å². The number of ether oxygens (including phenoxy) is 1.